The largest absolute Gasteiger partial charge is 0.427 e. The summed E-state index contributed by atoms with van der Waals surface area (Å²) in [6.07, 6.45) is 3.37. The van der Waals surface area contributed by atoms with Crippen LogP contribution in [0.4, 0.5) is 5.69 Å². The minimum atomic E-state index is -0.474. The summed E-state index contributed by atoms with van der Waals surface area (Å²) in [5.41, 5.74) is 1.37. The van der Waals surface area contributed by atoms with Gasteiger partial charge in [0.05, 0.1) is 21.5 Å². The van der Waals surface area contributed by atoms with Crippen molar-refractivity contribution >= 4 is 50.6 Å². The fourth-order valence-electron chi connectivity index (χ4n) is 3.27. The number of nitrogens with zero attached hydrogens (tertiary/aromatic N) is 3. The number of carbonyl (C=O) groups is 1. The molecule has 1 heterocycles. The van der Waals surface area contributed by atoms with Crippen LogP contribution in [0.15, 0.2) is 76.0 Å². The summed E-state index contributed by atoms with van der Waals surface area (Å²) >= 11 is 3.39. The smallest absolute Gasteiger partial charge is 0.308 e. The van der Waals surface area contributed by atoms with E-state index in [1.807, 2.05) is 0 Å². The molecule has 0 unspecified atom stereocenters. The minimum Gasteiger partial charge on any atom is -0.427 e. The lowest BCUT2D eigenvalue weighted by molar-refractivity contribution is -0.384. The fraction of sp³-hybridized carbons (Fsp3) is 0.0417. The first-order valence-corrected chi connectivity index (χ1v) is 10.5. The first kappa shape index (κ1) is 22.1. The van der Waals surface area contributed by atoms with Crippen molar-refractivity contribution in [2.24, 2.45) is 0 Å². The van der Waals surface area contributed by atoms with Crippen LogP contribution in [-0.2, 0) is 4.79 Å². The van der Waals surface area contributed by atoms with E-state index >= 15 is 0 Å². The SMILES string of the molecule is CC(=O)Oc1cccc(-n2c(/C=C/c3ccc([N+](=O)[O-])cc3)nc3ccc(Br)cc3c2=O)c1. The molecule has 0 fully saturated rings. The van der Waals surface area contributed by atoms with Gasteiger partial charge in [0.1, 0.15) is 11.6 Å². The molecular formula is C24H16BrN3O5. The molecule has 4 rings (SSSR count). The molecule has 4 aromatic rings. The summed E-state index contributed by atoms with van der Waals surface area (Å²) in [5, 5.41) is 11.3. The van der Waals surface area contributed by atoms with E-state index in [4.69, 9.17) is 4.74 Å². The highest BCUT2D eigenvalue weighted by molar-refractivity contribution is 9.10. The third-order valence-electron chi connectivity index (χ3n) is 4.72. The maximum Gasteiger partial charge on any atom is 0.308 e. The molecule has 0 N–H and O–H groups in total. The molecule has 1 aromatic heterocycles. The van der Waals surface area contributed by atoms with Gasteiger partial charge in [0, 0.05) is 29.6 Å². The number of nitro benzene ring substituents is 1. The van der Waals surface area contributed by atoms with Crippen molar-refractivity contribution in [1.29, 1.82) is 0 Å². The predicted molar refractivity (Wildman–Crippen MR) is 128 cm³/mol. The topological polar surface area (TPSA) is 104 Å². The Morgan fingerprint density at radius 3 is 2.55 bits per heavy atom. The number of ether oxygens (including phenoxy) is 1. The van der Waals surface area contributed by atoms with E-state index in [-0.39, 0.29) is 11.2 Å². The highest BCUT2D eigenvalue weighted by Gasteiger charge is 2.13. The summed E-state index contributed by atoms with van der Waals surface area (Å²) in [6.45, 7) is 1.30. The minimum absolute atomic E-state index is 0.0132. The van der Waals surface area contributed by atoms with Crippen LogP contribution in [0.1, 0.15) is 18.3 Å². The lowest BCUT2D eigenvalue weighted by atomic mass is 10.2. The molecule has 164 valence electrons. The van der Waals surface area contributed by atoms with Gasteiger partial charge in [-0.25, -0.2) is 4.98 Å². The molecule has 33 heavy (non-hydrogen) atoms. The van der Waals surface area contributed by atoms with Gasteiger partial charge in [-0.15, -0.1) is 0 Å². The molecule has 0 radical (unpaired) electrons. The Morgan fingerprint density at radius 2 is 1.85 bits per heavy atom. The second-order valence-corrected chi connectivity index (χ2v) is 7.96. The molecule has 8 nitrogen and oxygen atoms in total. The van der Waals surface area contributed by atoms with Gasteiger partial charge in [-0.1, -0.05) is 28.1 Å². The first-order valence-electron chi connectivity index (χ1n) is 9.75. The van der Waals surface area contributed by atoms with Crippen molar-refractivity contribution in [3.63, 3.8) is 0 Å². The Kier molecular flexibility index (Phi) is 6.14. The predicted octanol–water partition coefficient (Wildman–Crippen LogP) is 5.15. The average molecular weight is 506 g/mol. The van der Waals surface area contributed by atoms with Crippen molar-refractivity contribution in [1.82, 2.24) is 9.55 Å². The summed E-state index contributed by atoms with van der Waals surface area (Å²) in [6, 6.07) is 17.8. The third kappa shape index (κ3) is 4.88. The Labute approximate surface area is 196 Å². The second kappa shape index (κ2) is 9.17. The lowest BCUT2D eigenvalue weighted by Gasteiger charge is -2.13. The average Bonchev–Trinajstić information content (AvgIpc) is 2.78. The van der Waals surface area contributed by atoms with Gasteiger partial charge in [0.15, 0.2) is 0 Å². The summed E-state index contributed by atoms with van der Waals surface area (Å²) in [7, 11) is 0. The van der Waals surface area contributed by atoms with E-state index in [0.29, 0.717) is 33.7 Å². The molecule has 3 aromatic carbocycles. The van der Waals surface area contributed by atoms with E-state index in [1.54, 1.807) is 66.7 Å². The molecule has 0 atom stereocenters. The van der Waals surface area contributed by atoms with Gasteiger partial charge in [-0.2, -0.15) is 0 Å². The summed E-state index contributed by atoms with van der Waals surface area (Å²) in [5.74, 6) is 0.165. The van der Waals surface area contributed by atoms with E-state index in [9.17, 15) is 19.7 Å². The number of benzene rings is 3. The van der Waals surface area contributed by atoms with Gasteiger partial charge in [0.25, 0.3) is 11.2 Å². The molecule has 0 bridgehead atoms. The molecular weight excluding hydrogens is 490 g/mol. The van der Waals surface area contributed by atoms with Crippen LogP contribution in [0.5, 0.6) is 5.75 Å². The van der Waals surface area contributed by atoms with Crippen LogP contribution < -0.4 is 10.3 Å². The third-order valence-corrected chi connectivity index (χ3v) is 5.22. The number of halogens is 1. The molecule has 0 saturated heterocycles. The molecule has 0 saturated carbocycles. The summed E-state index contributed by atoms with van der Waals surface area (Å²) in [4.78, 5) is 39.9. The van der Waals surface area contributed by atoms with E-state index in [2.05, 4.69) is 20.9 Å². The van der Waals surface area contributed by atoms with Crippen molar-refractivity contribution in [3.8, 4) is 11.4 Å². The zero-order valence-electron chi connectivity index (χ0n) is 17.3. The second-order valence-electron chi connectivity index (χ2n) is 7.05. The van der Waals surface area contributed by atoms with Crippen LogP contribution in [0.3, 0.4) is 0 Å². The van der Waals surface area contributed by atoms with Crippen LogP contribution in [-0.4, -0.2) is 20.4 Å². The standard InChI is InChI=1S/C24H16BrN3O5/c1-15(29)33-20-4-2-3-19(14-20)27-23(12-7-16-5-9-18(10-6-16)28(31)32)26-22-11-8-17(25)13-21(22)24(27)30/h2-14H,1H3/b12-7+. The van der Waals surface area contributed by atoms with Crippen molar-refractivity contribution in [3.05, 3.63) is 103 Å². The molecule has 0 aliphatic carbocycles. The maximum absolute atomic E-state index is 13.5. The van der Waals surface area contributed by atoms with Gasteiger partial charge in [-0.05, 0) is 54.1 Å². The Bertz CT molecular complexity index is 1480. The van der Waals surface area contributed by atoms with Crippen molar-refractivity contribution < 1.29 is 14.5 Å². The normalized spacial score (nSPS) is 11.1. The van der Waals surface area contributed by atoms with Gasteiger partial charge in [0.2, 0.25) is 0 Å². The van der Waals surface area contributed by atoms with Crippen molar-refractivity contribution in [2.45, 2.75) is 6.92 Å². The number of rotatable bonds is 5. The Balaban J connectivity index is 1.88. The molecule has 0 aliphatic rings. The monoisotopic (exact) mass is 505 g/mol. The number of hydrogen-bond donors (Lipinski definition) is 0. The first-order chi connectivity index (χ1) is 15.8. The zero-order valence-corrected chi connectivity index (χ0v) is 18.9. The van der Waals surface area contributed by atoms with Crippen LogP contribution in [0.25, 0.3) is 28.7 Å². The number of aromatic nitrogens is 2. The van der Waals surface area contributed by atoms with Crippen LogP contribution in [0, 0.1) is 10.1 Å². The molecule has 0 amide bonds. The number of nitro groups is 1. The van der Waals surface area contributed by atoms with Gasteiger partial charge in [-0.3, -0.25) is 24.3 Å². The van der Waals surface area contributed by atoms with E-state index in [0.717, 1.165) is 4.47 Å². The van der Waals surface area contributed by atoms with Gasteiger partial charge < -0.3 is 4.74 Å². The highest BCUT2D eigenvalue weighted by atomic mass is 79.9. The number of non-ortho nitro benzene ring substituents is 1. The Hall–Kier alpha value is -4.11. The number of carbonyl (C=O) groups excluding carboxylic acids is 1. The zero-order chi connectivity index (χ0) is 23.5. The summed E-state index contributed by atoms with van der Waals surface area (Å²) < 4.78 is 7.33. The fourth-order valence-corrected chi connectivity index (χ4v) is 3.63. The van der Waals surface area contributed by atoms with Crippen LogP contribution in [0.2, 0.25) is 0 Å². The number of esters is 1. The molecule has 9 heteroatoms. The quantitative estimate of drug-likeness (QED) is 0.161. The molecule has 0 aliphatic heterocycles. The lowest BCUT2D eigenvalue weighted by Crippen LogP contribution is -2.22. The van der Waals surface area contributed by atoms with Crippen LogP contribution >= 0.6 is 15.9 Å². The molecule has 0 spiro atoms. The number of hydrogen-bond acceptors (Lipinski definition) is 6. The van der Waals surface area contributed by atoms with Gasteiger partial charge >= 0.3 is 5.97 Å². The van der Waals surface area contributed by atoms with E-state index in [1.165, 1.54) is 23.6 Å². The number of fused-ring (bicyclic) bond motifs is 1. The highest BCUT2D eigenvalue weighted by Crippen LogP contribution is 2.22. The Morgan fingerprint density at radius 1 is 1.09 bits per heavy atom. The maximum atomic E-state index is 13.5. The van der Waals surface area contributed by atoms with E-state index < -0.39 is 10.9 Å². The van der Waals surface area contributed by atoms with Crippen molar-refractivity contribution in [2.75, 3.05) is 0 Å².